The fourth-order valence-corrected chi connectivity index (χ4v) is 2.59. The van der Waals surface area contributed by atoms with Crippen LogP contribution in [0, 0.1) is 0 Å². The first-order valence-electron chi connectivity index (χ1n) is 5.73. The van der Waals surface area contributed by atoms with Crippen LogP contribution in [0.2, 0.25) is 0 Å². The fraction of sp³-hybridized carbons (Fsp3) is 0.556. The van der Waals surface area contributed by atoms with Crippen molar-refractivity contribution in [2.75, 3.05) is 6.61 Å². The molecule has 1 saturated heterocycles. The molecule has 12 heteroatoms. The first-order chi connectivity index (χ1) is 9.73. The number of hydrogen-bond donors (Lipinski definition) is 5. The van der Waals surface area contributed by atoms with E-state index in [2.05, 4.69) is 4.52 Å². The molecule has 2 heterocycles. The molecule has 0 radical (unpaired) electrons. The number of hydrogen-bond acceptors (Lipinski definition) is 7. The lowest BCUT2D eigenvalue weighted by molar-refractivity contribution is -0.0549. The van der Waals surface area contributed by atoms with Crippen molar-refractivity contribution in [1.29, 1.82) is 0 Å². The van der Waals surface area contributed by atoms with Gasteiger partial charge in [-0.3, -0.25) is 18.9 Å². The van der Waals surface area contributed by atoms with Gasteiger partial charge in [-0.05, 0) is 0 Å². The van der Waals surface area contributed by atoms with Crippen molar-refractivity contribution in [2.45, 2.75) is 24.5 Å². The number of aliphatic hydroxyl groups is 2. The Morgan fingerprint density at radius 2 is 2.10 bits per heavy atom. The highest BCUT2D eigenvalue weighted by Gasteiger charge is 2.48. The molecule has 0 aromatic carbocycles. The van der Waals surface area contributed by atoms with Crippen LogP contribution in [0.25, 0.3) is 0 Å². The molecule has 1 aliphatic heterocycles. The second kappa shape index (κ2) is 5.81. The number of H-pyrrole nitrogens is 1. The van der Waals surface area contributed by atoms with Crippen molar-refractivity contribution in [3.63, 3.8) is 0 Å². The van der Waals surface area contributed by atoms with E-state index in [4.69, 9.17) is 19.6 Å². The van der Waals surface area contributed by atoms with E-state index in [1.807, 2.05) is 4.98 Å². The van der Waals surface area contributed by atoms with Crippen molar-refractivity contribution in [3.8, 4) is 0 Å². The third-order valence-corrected chi connectivity index (χ3v) is 3.39. The molecule has 11 nitrogen and oxygen atoms in total. The molecular weight excluding hydrogens is 311 g/mol. The average molecular weight is 324 g/mol. The van der Waals surface area contributed by atoms with Gasteiger partial charge in [0.2, 0.25) is 0 Å². The van der Waals surface area contributed by atoms with Gasteiger partial charge in [-0.1, -0.05) is 0 Å². The largest absolute Gasteiger partial charge is 0.470 e. The number of aliphatic hydroxyl groups excluding tert-OH is 2. The Morgan fingerprint density at radius 3 is 2.62 bits per heavy atom. The molecule has 0 spiro atoms. The van der Waals surface area contributed by atoms with Crippen LogP contribution in [0.5, 0.6) is 0 Å². The Labute approximate surface area is 116 Å². The van der Waals surface area contributed by atoms with E-state index in [0.29, 0.717) is 0 Å². The number of ether oxygens (including phenoxy) is 1. The number of nitrogens with zero attached hydrogens (tertiary/aromatic N) is 1. The molecule has 1 aliphatic rings. The van der Waals surface area contributed by atoms with Crippen LogP contribution >= 0.6 is 7.82 Å². The van der Waals surface area contributed by atoms with Crippen molar-refractivity contribution in [2.24, 2.45) is 0 Å². The molecule has 21 heavy (non-hydrogen) atoms. The minimum absolute atomic E-state index is 0.662. The monoisotopic (exact) mass is 324 g/mol. The molecule has 5 N–H and O–H groups in total. The average Bonchev–Trinajstić information content (AvgIpc) is 2.65. The molecule has 0 unspecified atom stereocenters. The number of nitrogens with one attached hydrogen (secondary N) is 1. The minimum atomic E-state index is -4.94. The van der Waals surface area contributed by atoms with Crippen molar-refractivity contribution in [1.82, 2.24) is 9.55 Å². The van der Waals surface area contributed by atoms with Gasteiger partial charge >= 0.3 is 13.5 Å². The summed E-state index contributed by atoms with van der Waals surface area (Å²) in [5, 5.41) is 19.1. The number of phosphoric acid groups is 1. The Hall–Kier alpha value is -1.33. The second-order valence-corrected chi connectivity index (χ2v) is 5.51. The van der Waals surface area contributed by atoms with Gasteiger partial charge < -0.3 is 24.7 Å². The van der Waals surface area contributed by atoms with Crippen LogP contribution in [0.1, 0.15) is 6.23 Å². The van der Waals surface area contributed by atoms with Crippen LogP contribution in [-0.4, -0.2) is 54.5 Å². The first-order valence-corrected chi connectivity index (χ1v) is 7.26. The van der Waals surface area contributed by atoms with E-state index in [-0.39, 0.29) is 0 Å². The van der Waals surface area contributed by atoms with Gasteiger partial charge in [0.25, 0.3) is 5.56 Å². The summed E-state index contributed by atoms with van der Waals surface area (Å²) in [6.07, 6.45) is -4.76. The zero-order valence-corrected chi connectivity index (χ0v) is 11.3. The van der Waals surface area contributed by atoms with Crippen LogP contribution < -0.4 is 11.2 Å². The Balaban J connectivity index is 2.33. The molecule has 0 amide bonds. The summed E-state index contributed by atoms with van der Waals surface area (Å²) in [4.78, 5) is 42.1. The molecule has 4 atom stereocenters. The van der Waals surface area contributed by atoms with Gasteiger partial charge in [0.05, 0.1) is 6.61 Å². The van der Waals surface area contributed by atoms with E-state index in [1.54, 1.807) is 0 Å². The molecule has 1 aromatic rings. The van der Waals surface area contributed by atoms with Crippen LogP contribution in [0.15, 0.2) is 21.9 Å². The molecule has 0 bridgehead atoms. The Bertz CT molecular complexity index is 664. The van der Waals surface area contributed by atoms with Gasteiger partial charge in [0, 0.05) is 12.3 Å². The predicted octanol–water partition coefficient (Wildman–Crippen LogP) is -2.73. The minimum Gasteiger partial charge on any atom is -0.394 e. The summed E-state index contributed by atoms with van der Waals surface area (Å²) in [7, 11) is -4.94. The van der Waals surface area contributed by atoms with E-state index < -0.39 is 50.2 Å². The van der Waals surface area contributed by atoms with Crippen molar-refractivity contribution < 1.29 is 33.8 Å². The highest BCUT2D eigenvalue weighted by Crippen LogP contribution is 2.43. The highest BCUT2D eigenvalue weighted by molar-refractivity contribution is 7.46. The maximum atomic E-state index is 11.6. The summed E-state index contributed by atoms with van der Waals surface area (Å²) in [5.74, 6) is 0. The predicted molar refractivity (Wildman–Crippen MR) is 65.2 cm³/mol. The molecule has 1 fully saturated rings. The third kappa shape index (κ3) is 3.47. The number of rotatable bonds is 4. The highest BCUT2D eigenvalue weighted by atomic mass is 31.2. The number of phosphoric ester groups is 1. The van der Waals surface area contributed by atoms with E-state index >= 15 is 0 Å². The van der Waals surface area contributed by atoms with Crippen LogP contribution in [0.4, 0.5) is 0 Å². The Morgan fingerprint density at radius 1 is 1.43 bits per heavy atom. The SMILES string of the molecule is O=c1ccn([C@@H]2O[C@@H](CO)[C@H](OP(=O)(O)O)[C@H]2O)c(=O)[nH]1. The maximum absolute atomic E-state index is 11.6. The zero-order valence-electron chi connectivity index (χ0n) is 10.4. The topological polar surface area (TPSA) is 171 Å². The van der Waals surface area contributed by atoms with Gasteiger partial charge in [-0.15, -0.1) is 0 Å². The molecule has 1 aromatic heterocycles. The molecule has 0 aliphatic carbocycles. The molecular formula is C9H13N2O9P. The quantitative estimate of drug-likeness (QED) is 0.368. The lowest BCUT2D eigenvalue weighted by atomic mass is 10.1. The number of aromatic nitrogens is 2. The summed E-state index contributed by atoms with van der Waals surface area (Å²) >= 11 is 0. The fourth-order valence-electron chi connectivity index (χ4n) is 2.01. The summed E-state index contributed by atoms with van der Waals surface area (Å²) in [6.45, 7) is -0.698. The second-order valence-electron chi connectivity index (χ2n) is 4.32. The number of aromatic amines is 1. The van der Waals surface area contributed by atoms with Gasteiger partial charge in [0.1, 0.15) is 18.3 Å². The zero-order chi connectivity index (χ0) is 15.8. The molecule has 2 rings (SSSR count). The van der Waals surface area contributed by atoms with Crippen molar-refractivity contribution >= 4 is 7.82 Å². The van der Waals surface area contributed by atoms with Gasteiger partial charge in [-0.2, -0.15) is 0 Å². The Kier molecular flexibility index (Phi) is 4.44. The van der Waals surface area contributed by atoms with Crippen LogP contribution in [-0.2, 0) is 13.8 Å². The summed E-state index contributed by atoms with van der Waals surface area (Å²) in [6, 6.07) is 1.00. The smallest absolute Gasteiger partial charge is 0.394 e. The third-order valence-electron chi connectivity index (χ3n) is 2.87. The summed E-state index contributed by atoms with van der Waals surface area (Å²) in [5.41, 5.74) is -1.55. The van der Waals surface area contributed by atoms with Gasteiger partial charge in [0.15, 0.2) is 6.23 Å². The lowest BCUT2D eigenvalue weighted by Crippen LogP contribution is -2.38. The van der Waals surface area contributed by atoms with E-state index in [1.165, 1.54) is 0 Å². The normalized spacial score (nSPS) is 29.7. The first kappa shape index (κ1) is 16.0. The lowest BCUT2D eigenvalue weighted by Gasteiger charge is -2.20. The van der Waals surface area contributed by atoms with E-state index in [9.17, 15) is 19.3 Å². The maximum Gasteiger partial charge on any atom is 0.470 e. The molecule has 0 saturated carbocycles. The molecule has 118 valence electrons. The standard InChI is InChI=1S/C9H13N2O9P/c12-3-4-7(20-21(16,17)18)6(14)8(19-4)11-2-1-5(13)10-9(11)15/h1-2,4,6-8,12,14H,3H2,(H,10,13,15)(H2,16,17,18)/t4-,6+,7-,8+/m0/s1. The van der Waals surface area contributed by atoms with E-state index in [0.717, 1.165) is 16.8 Å². The van der Waals surface area contributed by atoms with Crippen molar-refractivity contribution in [3.05, 3.63) is 33.1 Å². The summed E-state index contributed by atoms with van der Waals surface area (Å²) < 4.78 is 21.2. The van der Waals surface area contributed by atoms with Gasteiger partial charge in [-0.25, -0.2) is 9.36 Å². The van der Waals surface area contributed by atoms with Crippen LogP contribution in [0.3, 0.4) is 0 Å².